The molecule has 1 aromatic rings. The Kier molecular flexibility index (Phi) is 5.16. The van der Waals surface area contributed by atoms with Gasteiger partial charge >= 0.3 is 5.97 Å². The first-order valence-corrected chi connectivity index (χ1v) is 7.31. The predicted octanol–water partition coefficient (Wildman–Crippen LogP) is 3.55. The molecule has 0 spiro atoms. The van der Waals surface area contributed by atoms with Gasteiger partial charge in [0.05, 0.1) is 0 Å². The van der Waals surface area contributed by atoms with Gasteiger partial charge in [-0.15, -0.1) is 6.58 Å². The number of carbonyl (C=O) groups is 1. The van der Waals surface area contributed by atoms with Crippen molar-refractivity contribution in [2.75, 3.05) is 0 Å². The first kappa shape index (κ1) is 16.5. The van der Waals surface area contributed by atoms with E-state index in [4.69, 9.17) is 14.2 Å². The van der Waals surface area contributed by atoms with Crippen molar-refractivity contribution in [2.24, 2.45) is 0 Å². The fourth-order valence-corrected chi connectivity index (χ4v) is 2.57. The molecule has 1 aromatic carbocycles. The van der Waals surface area contributed by atoms with Gasteiger partial charge in [0, 0.05) is 12.5 Å². The summed E-state index contributed by atoms with van der Waals surface area (Å²) in [5.41, 5.74) is 0.988. The first-order valence-electron chi connectivity index (χ1n) is 7.31. The highest BCUT2D eigenvalue weighted by Crippen LogP contribution is 2.41. The first-order chi connectivity index (χ1) is 10.5. The smallest absolute Gasteiger partial charge is 0.330 e. The average Bonchev–Trinajstić information content (AvgIpc) is 2.83. The van der Waals surface area contributed by atoms with Gasteiger partial charge in [-0.05, 0) is 19.4 Å². The van der Waals surface area contributed by atoms with Crippen LogP contribution in [0.5, 0.6) is 0 Å². The molecule has 4 nitrogen and oxygen atoms in total. The van der Waals surface area contributed by atoms with E-state index in [2.05, 4.69) is 13.2 Å². The minimum Gasteiger partial charge on any atom is -0.456 e. The summed E-state index contributed by atoms with van der Waals surface area (Å²) in [6, 6.07) is 9.78. The number of benzene rings is 1. The highest BCUT2D eigenvalue weighted by Gasteiger charge is 2.46. The van der Waals surface area contributed by atoms with Crippen LogP contribution in [0.2, 0.25) is 0 Å². The van der Waals surface area contributed by atoms with Gasteiger partial charge in [-0.2, -0.15) is 0 Å². The summed E-state index contributed by atoms with van der Waals surface area (Å²) in [7, 11) is 0. The molecule has 2 rings (SSSR count). The lowest BCUT2D eigenvalue weighted by Gasteiger charge is -2.25. The number of carbonyl (C=O) groups excluding carboxylic acids is 1. The number of esters is 1. The maximum atomic E-state index is 11.6. The third kappa shape index (κ3) is 3.84. The minimum absolute atomic E-state index is 0.307. The number of hydrogen-bond acceptors (Lipinski definition) is 4. The summed E-state index contributed by atoms with van der Waals surface area (Å²) in [5.74, 6) is -1.22. The maximum absolute atomic E-state index is 11.6. The van der Waals surface area contributed by atoms with Gasteiger partial charge in [0.2, 0.25) is 0 Å². The van der Waals surface area contributed by atoms with Gasteiger partial charge in [0.1, 0.15) is 18.3 Å². The zero-order valence-electron chi connectivity index (χ0n) is 13.0. The van der Waals surface area contributed by atoms with Crippen molar-refractivity contribution in [3.63, 3.8) is 0 Å². The van der Waals surface area contributed by atoms with Gasteiger partial charge in [-0.25, -0.2) is 4.79 Å². The molecular weight excluding hydrogens is 280 g/mol. The van der Waals surface area contributed by atoms with Gasteiger partial charge in [0.15, 0.2) is 5.79 Å². The van der Waals surface area contributed by atoms with E-state index in [1.165, 1.54) is 0 Å². The van der Waals surface area contributed by atoms with Crippen LogP contribution in [-0.2, 0) is 19.0 Å². The molecule has 0 aromatic heterocycles. The second-order valence-corrected chi connectivity index (χ2v) is 5.64. The Morgan fingerprint density at radius 2 is 2.00 bits per heavy atom. The van der Waals surface area contributed by atoms with Crippen LogP contribution in [0.1, 0.15) is 31.9 Å². The van der Waals surface area contributed by atoms with E-state index in [9.17, 15) is 4.79 Å². The second-order valence-electron chi connectivity index (χ2n) is 5.64. The van der Waals surface area contributed by atoms with Crippen molar-refractivity contribution in [3.05, 3.63) is 61.2 Å². The SMILES string of the molecule is C=CC[C@@H](OC(=O)C=C)[C@H]1OC(C)(C)O[C@@H]1c1ccccc1. The minimum atomic E-state index is -0.745. The highest BCUT2D eigenvalue weighted by atomic mass is 16.8. The Morgan fingerprint density at radius 3 is 2.59 bits per heavy atom. The van der Waals surface area contributed by atoms with E-state index in [0.29, 0.717) is 6.42 Å². The van der Waals surface area contributed by atoms with Gasteiger partial charge in [-0.1, -0.05) is 43.0 Å². The van der Waals surface area contributed by atoms with E-state index >= 15 is 0 Å². The average molecular weight is 302 g/mol. The monoisotopic (exact) mass is 302 g/mol. The zero-order chi connectivity index (χ0) is 16.2. The largest absolute Gasteiger partial charge is 0.456 e. The third-order valence-corrected chi connectivity index (χ3v) is 3.46. The summed E-state index contributed by atoms with van der Waals surface area (Å²) in [4.78, 5) is 11.6. The molecule has 0 bridgehead atoms. The van der Waals surface area contributed by atoms with Crippen LogP contribution < -0.4 is 0 Å². The van der Waals surface area contributed by atoms with Crippen molar-refractivity contribution in [1.29, 1.82) is 0 Å². The Labute approximate surface area is 131 Å². The van der Waals surface area contributed by atoms with Crippen LogP contribution >= 0.6 is 0 Å². The second kappa shape index (κ2) is 6.90. The molecule has 0 unspecified atom stereocenters. The molecule has 3 atom stereocenters. The summed E-state index contributed by atoms with van der Waals surface area (Å²) in [5, 5.41) is 0. The van der Waals surface area contributed by atoms with E-state index in [0.717, 1.165) is 11.6 Å². The van der Waals surface area contributed by atoms with Crippen LogP contribution in [-0.4, -0.2) is 24.0 Å². The van der Waals surface area contributed by atoms with Crippen molar-refractivity contribution in [1.82, 2.24) is 0 Å². The quantitative estimate of drug-likeness (QED) is 0.458. The molecule has 22 heavy (non-hydrogen) atoms. The van der Waals surface area contributed by atoms with Crippen molar-refractivity contribution < 1.29 is 19.0 Å². The molecule has 1 aliphatic rings. The van der Waals surface area contributed by atoms with Crippen molar-refractivity contribution >= 4 is 5.97 Å². The summed E-state index contributed by atoms with van der Waals surface area (Å²) in [6.45, 7) is 10.9. The standard InChI is InChI=1S/C18H22O4/c1-5-10-14(20-15(19)6-2)17-16(21-18(3,4)22-17)13-11-8-7-9-12-13/h5-9,11-12,14,16-17H,1-2,10H2,3-4H3/t14-,16-,17-/m1/s1. The Hall–Kier alpha value is -1.91. The van der Waals surface area contributed by atoms with Crippen LogP contribution in [0.3, 0.4) is 0 Å². The fourth-order valence-electron chi connectivity index (χ4n) is 2.57. The normalized spacial score (nSPS) is 24.5. The summed E-state index contributed by atoms with van der Waals surface area (Å²) < 4.78 is 17.4. The van der Waals surface area contributed by atoms with E-state index in [1.54, 1.807) is 6.08 Å². The van der Waals surface area contributed by atoms with E-state index < -0.39 is 24.0 Å². The van der Waals surface area contributed by atoms with Crippen LogP contribution in [0.15, 0.2) is 55.6 Å². The van der Waals surface area contributed by atoms with Crippen molar-refractivity contribution in [2.45, 2.75) is 44.4 Å². The van der Waals surface area contributed by atoms with Crippen LogP contribution in [0.4, 0.5) is 0 Å². The molecule has 1 heterocycles. The molecule has 1 fully saturated rings. The Bertz CT molecular complexity index is 535. The molecule has 0 aliphatic carbocycles. The molecule has 1 aliphatic heterocycles. The summed E-state index contributed by atoms with van der Waals surface area (Å²) >= 11 is 0. The number of rotatable bonds is 6. The van der Waals surface area contributed by atoms with E-state index in [-0.39, 0.29) is 6.10 Å². The number of hydrogen-bond donors (Lipinski definition) is 0. The zero-order valence-corrected chi connectivity index (χ0v) is 13.0. The van der Waals surface area contributed by atoms with E-state index in [1.807, 2.05) is 44.2 Å². The van der Waals surface area contributed by atoms with Crippen LogP contribution in [0.25, 0.3) is 0 Å². The predicted molar refractivity (Wildman–Crippen MR) is 84.1 cm³/mol. The number of ether oxygens (including phenoxy) is 3. The Balaban J connectivity index is 2.28. The topological polar surface area (TPSA) is 44.8 Å². The van der Waals surface area contributed by atoms with Crippen molar-refractivity contribution in [3.8, 4) is 0 Å². The molecule has 0 saturated carbocycles. The van der Waals surface area contributed by atoms with Gasteiger partial charge < -0.3 is 14.2 Å². The molecular formula is C18H22O4. The van der Waals surface area contributed by atoms with Gasteiger partial charge in [-0.3, -0.25) is 0 Å². The van der Waals surface area contributed by atoms with Crippen LogP contribution in [0, 0.1) is 0 Å². The third-order valence-electron chi connectivity index (χ3n) is 3.46. The molecule has 0 N–H and O–H groups in total. The lowest BCUT2D eigenvalue weighted by atomic mass is 9.98. The summed E-state index contributed by atoms with van der Waals surface area (Å²) in [6.07, 6.45) is 2.15. The molecule has 4 heteroatoms. The lowest BCUT2D eigenvalue weighted by Crippen LogP contribution is -2.35. The molecule has 1 saturated heterocycles. The van der Waals surface area contributed by atoms with Gasteiger partial charge in [0.25, 0.3) is 0 Å². The highest BCUT2D eigenvalue weighted by molar-refractivity contribution is 5.81. The fraction of sp³-hybridized carbons (Fsp3) is 0.389. The Morgan fingerprint density at radius 1 is 1.32 bits per heavy atom. The molecule has 0 amide bonds. The molecule has 0 radical (unpaired) electrons. The molecule has 118 valence electrons. The maximum Gasteiger partial charge on any atom is 0.330 e. The lowest BCUT2D eigenvalue weighted by molar-refractivity contribution is -0.167.